The van der Waals surface area contributed by atoms with Crippen LogP contribution >= 0.6 is 0 Å². The van der Waals surface area contributed by atoms with Gasteiger partial charge in [-0.25, -0.2) is 0 Å². The fraction of sp³-hybridized carbons (Fsp3) is 0.848. The second-order valence-electron chi connectivity index (χ2n) is 12.0. The van der Waals surface area contributed by atoms with Gasteiger partial charge >= 0.3 is 29.8 Å². The van der Waals surface area contributed by atoms with Gasteiger partial charge in [0.05, 0.1) is 25.2 Å². The van der Waals surface area contributed by atoms with E-state index < -0.39 is 29.4 Å². The first-order valence-electron chi connectivity index (χ1n) is 16.3. The van der Waals surface area contributed by atoms with Gasteiger partial charge < -0.3 is 28.4 Å². The molecule has 0 fully saturated rings. The van der Waals surface area contributed by atoms with E-state index in [-0.39, 0.29) is 76.3 Å². The Kier molecular flexibility index (Phi) is 23.1. The monoisotopic (exact) mass is 630 g/mol. The van der Waals surface area contributed by atoms with E-state index in [0.29, 0.717) is 19.3 Å². The maximum Gasteiger partial charge on any atom is 0.317 e. The Morgan fingerprint density at radius 2 is 1.14 bits per heavy atom. The van der Waals surface area contributed by atoms with Crippen LogP contribution in [0.2, 0.25) is 0 Å². The molecule has 0 radical (unpaired) electrons. The quantitative estimate of drug-likeness (QED) is 0.0643. The van der Waals surface area contributed by atoms with E-state index in [1.54, 1.807) is 20.8 Å². The first-order valence-corrected chi connectivity index (χ1v) is 16.3. The minimum absolute atomic E-state index is 0.0456. The largest absolute Gasteiger partial charge is 0.465 e. The lowest BCUT2D eigenvalue weighted by atomic mass is 9.93. The molecule has 0 heterocycles. The van der Waals surface area contributed by atoms with E-state index in [4.69, 9.17) is 28.4 Å². The molecule has 44 heavy (non-hydrogen) atoms. The van der Waals surface area contributed by atoms with E-state index in [2.05, 4.69) is 0 Å². The Hall–Kier alpha value is -2.69. The van der Waals surface area contributed by atoms with Crippen LogP contribution < -0.4 is 0 Å². The van der Waals surface area contributed by atoms with Crippen LogP contribution in [-0.4, -0.2) is 75.1 Å². The molecule has 0 aliphatic heterocycles. The summed E-state index contributed by atoms with van der Waals surface area (Å²) in [5.41, 5.74) is -1.15. The van der Waals surface area contributed by atoms with Crippen LogP contribution in [0.3, 0.4) is 0 Å². The van der Waals surface area contributed by atoms with Crippen LogP contribution in [0.25, 0.3) is 0 Å². The normalized spacial score (nSPS) is 12.6. The Morgan fingerprint density at radius 1 is 0.614 bits per heavy atom. The maximum absolute atomic E-state index is 12.8. The summed E-state index contributed by atoms with van der Waals surface area (Å²) in [5.74, 6) is -2.51. The van der Waals surface area contributed by atoms with Gasteiger partial charge in [0.15, 0.2) is 6.10 Å². The van der Waals surface area contributed by atoms with E-state index in [1.165, 1.54) is 0 Å². The van der Waals surface area contributed by atoms with E-state index in [9.17, 15) is 24.0 Å². The number of carbonyl (C=O) groups excluding carboxylic acids is 5. The van der Waals surface area contributed by atoms with Crippen molar-refractivity contribution in [3.63, 3.8) is 0 Å². The molecule has 0 N–H and O–H groups in total. The van der Waals surface area contributed by atoms with Crippen molar-refractivity contribution in [3.8, 4) is 0 Å². The number of hydrogen-bond donors (Lipinski definition) is 0. The van der Waals surface area contributed by atoms with Crippen molar-refractivity contribution >= 4 is 29.8 Å². The van der Waals surface area contributed by atoms with Gasteiger partial charge in [0.1, 0.15) is 25.2 Å². The lowest BCUT2D eigenvalue weighted by molar-refractivity contribution is -0.169. The first kappa shape index (κ1) is 41.3. The molecular formula is C33H58O11. The molecule has 0 aromatic rings. The Morgan fingerprint density at radius 3 is 1.64 bits per heavy atom. The molecule has 1 unspecified atom stereocenters. The average molecular weight is 631 g/mol. The number of hydrogen-bond acceptors (Lipinski definition) is 11. The number of esters is 5. The molecule has 0 aliphatic rings. The average Bonchev–Trinajstić information content (AvgIpc) is 2.97. The summed E-state index contributed by atoms with van der Waals surface area (Å²) in [5, 5.41) is 0. The van der Waals surface area contributed by atoms with Gasteiger partial charge in [-0.05, 0) is 52.9 Å². The minimum atomic E-state index is -1.15. The molecule has 0 saturated carbocycles. The molecule has 0 aliphatic carbocycles. The van der Waals surface area contributed by atoms with Gasteiger partial charge in [0, 0.05) is 19.3 Å². The van der Waals surface area contributed by atoms with Crippen LogP contribution in [0.15, 0.2) is 0 Å². The highest BCUT2D eigenvalue weighted by atomic mass is 16.6. The third-order valence-electron chi connectivity index (χ3n) is 6.62. The molecule has 0 amide bonds. The molecule has 11 heteroatoms. The van der Waals surface area contributed by atoms with Crippen LogP contribution in [0.5, 0.6) is 0 Å². The van der Waals surface area contributed by atoms with Crippen molar-refractivity contribution in [3.05, 3.63) is 0 Å². The molecule has 0 saturated heterocycles. The summed E-state index contributed by atoms with van der Waals surface area (Å²) in [6, 6.07) is 0. The molecule has 256 valence electrons. The highest BCUT2D eigenvalue weighted by molar-refractivity contribution is 5.78. The van der Waals surface area contributed by atoms with Gasteiger partial charge in [-0.2, -0.15) is 0 Å². The SMILES string of the molecule is CCCCCC(=O)OCC(COC(=O)CCCCC)OC(=O)CCCCCOC(=O)C(C)(COC(=O)C(C)C)COC(C)C. The molecule has 0 bridgehead atoms. The zero-order valence-electron chi connectivity index (χ0n) is 28.2. The topological polar surface area (TPSA) is 141 Å². The number of rotatable bonds is 26. The lowest BCUT2D eigenvalue weighted by Crippen LogP contribution is -2.41. The second-order valence-corrected chi connectivity index (χ2v) is 12.0. The van der Waals surface area contributed by atoms with Gasteiger partial charge in [-0.3, -0.25) is 24.0 Å². The van der Waals surface area contributed by atoms with Crippen LogP contribution in [-0.2, 0) is 52.4 Å². The van der Waals surface area contributed by atoms with E-state index >= 15 is 0 Å². The van der Waals surface area contributed by atoms with E-state index in [0.717, 1.165) is 38.5 Å². The molecule has 0 aromatic carbocycles. The molecule has 0 aromatic heterocycles. The smallest absolute Gasteiger partial charge is 0.317 e. The summed E-state index contributed by atoms with van der Waals surface area (Å²) >= 11 is 0. The third kappa shape index (κ3) is 21.1. The van der Waals surface area contributed by atoms with Crippen molar-refractivity contribution in [1.82, 2.24) is 0 Å². The number of ether oxygens (including phenoxy) is 6. The van der Waals surface area contributed by atoms with Crippen molar-refractivity contribution in [2.24, 2.45) is 11.3 Å². The predicted octanol–water partition coefficient (Wildman–Crippen LogP) is 5.88. The van der Waals surface area contributed by atoms with Gasteiger partial charge in [0.2, 0.25) is 0 Å². The molecule has 0 spiro atoms. The zero-order chi connectivity index (χ0) is 33.4. The van der Waals surface area contributed by atoms with Crippen molar-refractivity contribution in [2.45, 2.75) is 138 Å². The second kappa shape index (κ2) is 24.6. The minimum Gasteiger partial charge on any atom is -0.465 e. The van der Waals surface area contributed by atoms with Crippen LogP contribution in [0, 0.1) is 11.3 Å². The number of unbranched alkanes of at least 4 members (excludes halogenated alkanes) is 6. The molecule has 0 rings (SSSR count). The molecule has 1 atom stereocenters. The number of carbonyl (C=O) groups is 5. The van der Waals surface area contributed by atoms with Gasteiger partial charge in [-0.15, -0.1) is 0 Å². The highest BCUT2D eigenvalue weighted by Crippen LogP contribution is 2.22. The lowest BCUT2D eigenvalue weighted by Gasteiger charge is -2.28. The van der Waals surface area contributed by atoms with Crippen LogP contribution in [0.1, 0.15) is 126 Å². The summed E-state index contributed by atoms with van der Waals surface area (Å²) in [6.07, 6.45) is 6.49. The fourth-order valence-corrected chi connectivity index (χ4v) is 3.71. The van der Waals surface area contributed by atoms with Gasteiger partial charge in [-0.1, -0.05) is 53.4 Å². The van der Waals surface area contributed by atoms with Crippen molar-refractivity contribution in [1.29, 1.82) is 0 Å². The standard InChI is InChI=1S/C33H58O11/c1-8-10-13-17-28(34)40-21-27(22-41-29(35)18-14-11-9-2)44-30(36)19-15-12-16-20-39-32(38)33(7,23-42-26(5)6)24-43-31(37)25(3)4/h25-27H,8-24H2,1-7H3. The third-order valence-corrected chi connectivity index (χ3v) is 6.62. The van der Waals surface area contributed by atoms with Crippen molar-refractivity contribution < 1.29 is 52.4 Å². The molecular weight excluding hydrogens is 572 g/mol. The zero-order valence-corrected chi connectivity index (χ0v) is 28.2. The first-order chi connectivity index (χ1) is 20.8. The Bertz CT molecular complexity index is 814. The predicted molar refractivity (Wildman–Crippen MR) is 165 cm³/mol. The summed E-state index contributed by atoms with van der Waals surface area (Å²) in [4.78, 5) is 61.3. The molecule has 11 nitrogen and oxygen atoms in total. The highest BCUT2D eigenvalue weighted by Gasteiger charge is 2.38. The summed E-state index contributed by atoms with van der Waals surface area (Å²) in [7, 11) is 0. The summed E-state index contributed by atoms with van der Waals surface area (Å²) < 4.78 is 32.4. The van der Waals surface area contributed by atoms with Gasteiger partial charge in [0.25, 0.3) is 0 Å². The van der Waals surface area contributed by atoms with Crippen LogP contribution in [0.4, 0.5) is 0 Å². The van der Waals surface area contributed by atoms with Crippen molar-refractivity contribution in [2.75, 3.05) is 33.0 Å². The van der Waals surface area contributed by atoms with E-state index in [1.807, 2.05) is 27.7 Å². The fourth-order valence-electron chi connectivity index (χ4n) is 3.71. The summed E-state index contributed by atoms with van der Waals surface area (Å²) in [6.45, 7) is 12.5. The Labute approximate surface area is 264 Å². The maximum atomic E-state index is 12.8. The Balaban J connectivity index is 4.70.